The van der Waals surface area contributed by atoms with Crippen LogP contribution in [-0.4, -0.2) is 17.4 Å². The first-order valence-corrected chi connectivity index (χ1v) is 7.02. The lowest BCUT2D eigenvalue weighted by atomic mass is 9.84. The molecule has 0 aliphatic heterocycles. The Bertz CT molecular complexity index is 638. The number of carbonyl (C=O) groups is 1. The van der Waals surface area contributed by atoms with Gasteiger partial charge in [-0.3, -0.25) is 9.78 Å². The van der Waals surface area contributed by atoms with Crippen LogP contribution in [-0.2, 0) is 5.41 Å². The number of nitrogens with two attached hydrogens (primary N) is 1. The summed E-state index contributed by atoms with van der Waals surface area (Å²) in [6.07, 6.45) is 3.10. The molecule has 5 heteroatoms. The van der Waals surface area contributed by atoms with Gasteiger partial charge in [0.1, 0.15) is 0 Å². The second kappa shape index (κ2) is 6.14. The van der Waals surface area contributed by atoms with Gasteiger partial charge in [-0.1, -0.05) is 37.6 Å². The lowest BCUT2D eigenvalue weighted by Crippen LogP contribution is -2.28. The van der Waals surface area contributed by atoms with E-state index < -0.39 is 5.91 Å². The summed E-state index contributed by atoms with van der Waals surface area (Å²) in [5, 5.41) is 3.99. The molecule has 0 bridgehead atoms. The number of rotatable bonds is 5. The van der Waals surface area contributed by atoms with E-state index in [4.69, 9.17) is 17.3 Å². The number of carbonyl (C=O) groups excluding carboxylic acids is 1. The molecule has 1 aromatic heterocycles. The molecule has 21 heavy (non-hydrogen) atoms. The molecule has 0 spiro atoms. The molecule has 4 nitrogen and oxygen atoms in total. The van der Waals surface area contributed by atoms with Crippen molar-refractivity contribution in [3.05, 3.63) is 58.9 Å². The SMILES string of the molecule is CC(C)(CNc1ccncc1C(N)=O)c1ccc(Cl)cc1. The highest BCUT2D eigenvalue weighted by Crippen LogP contribution is 2.25. The van der Waals surface area contributed by atoms with E-state index in [1.807, 2.05) is 24.3 Å². The smallest absolute Gasteiger partial charge is 0.252 e. The largest absolute Gasteiger partial charge is 0.383 e. The van der Waals surface area contributed by atoms with Gasteiger partial charge in [0.15, 0.2) is 0 Å². The van der Waals surface area contributed by atoms with Gasteiger partial charge in [-0.05, 0) is 23.8 Å². The van der Waals surface area contributed by atoms with Crippen molar-refractivity contribution in [3.63, 3.8) is 0 Å². The predicted octanol–water partition coefficient (Wildman–Crippen LogP) is 3.22. The zero-order valence-corrected chi connectivity index (χ0v) is 12.8. The highest BCUT2D eigenvalue weighted by atomic mass is 35.5. The Morgan fingerprint density at radius 1 is 1.29 bits per heavy atom. The van der Waals surface area contributed by atoms with Crippen LogP contribution in [0.2, 0.25) is 5.02 Å². The Balaban J connectivity index is 2.15. The number of benzene rings is 1. The quantitative estimate of drug-likeness (QED) is 0.891. The number of hydrogen-bond donors (Lipinski definition) is 2. The van der Waals surface area contributed by atoms with Crippen LogP contribution in [0.5, 0.6) is 0 Å². The van der Waals surface area contributed by atoms with Crippen LogP contribution in [0, 0.1) is 0 Å². The predicted molar refractivity (Wildman–Crippen MR) is 85.7 cm³/mol. The summed E-state index contributed by atoms with van der Waals surface area (Å²) in [6, 6.07) is 9.51. The van der Waals surface area contributed by atoms with Gasteiger partial charge in [0.2, 0.25) is 0 Å². The fraction of sp³-hybridized carbons (Fsp3) is 0.250. The van der Waals surface area contributed by atoms with Crippen LogP contribution in [0.25, 0.3) is 0 Å². The molecular weight excluding hydrogens is 286 g/mol. The molecule has 1 amide bonds. The number of pyridine rings is 1. The summed E-state index contributed by atoms with van der Waals surface area (Å²) in [5.41, 5.74) is 7.47. The van der Waals surface area contributed by atoms with E-state index >= 15 is 0 Å². The number of nitrogens with one attached hydrogen (secondary N) is 1. The van der Waals surface area contributed by atoms with Crippen LogP contribution < -0.4 is 11.1 Å². The molecule has 2 aromatic rings. The van der Waals surface area contributed by atoms with Gasteiger partial charge in [-0.2, -0.15) is 0 Å². The van der Waals surface area contributed by atoms with Gasteiger partial charge in [-0.15, -0.1) is 0 Å². The number of halogens is 1. The van der Waals surface area contributed by atoms with Crippen LogP contribution in [0.1, 0.15) is 29.8 Å². The van der Waals surface area contributed by atoms with Crippen molar-refractivity contribution in [2.45, 2.75) is 19.3 Å². The van der Waals surface area contributed by atoms with Crippen LogP contribution in [0.4, 0.5) is 5.69 Å². The van der Waals surface area contributed by atoms with Gasteiger partial charge in [0, 0.05) is 29.4 Å². The number of nitrogens with zero attached hydrogens (tertiary/aromatic N) is 1. The molecule has 0 atom stereocenters. The van der Waals surface area contributed by atoms with Gasteiger partial charge in [0.05, 0.1) is 11.3 Å². The number of aromatic nitrogens is 1. The van der Waals surface area contributed by atoms with E-state index in [1.165, 1.54) is 6.20 Å². The lowest BCUT2D eigenvalue weighted by Gasteiger charge is -2.26. The summed E-state index contributed by atoms with van der Waals surface area (Å²) >= 11 is 5.92. The topological polar surface area (TPSA) is 68.0 Å². The first-order chi connectivity index (χ1) is 9.90. The minimum absolute atomic E-state index is 0.122. The van der Waals surface area contributed by atoms with E-state index in [9.17, 15) is 4.79 Å². The molecule has 110 valence electrons. The molecule has 0 saturated carbocycles. The van der Waals surface area contributed by atoms with Gasteiger partial charge in [-0.25, -0.2) is 0 Å². The summed E-state index contributed by atoms with van der Waals surface area (Å²) in [5.74, 6) is -0.491. The van der Waals surface area contributed by atoms with E-state index in [2.05, 4.69) is 24.1 Å². The number of anilines is 1. The monoisotopic (exact) mass is 303 g/mol. The lowest BCUT2D eigenvalue weighted by molar-refractivity contribution is 0.100. The number of hydrogen-bond acceptors (Lipinski definition) is 3. The first-order valence-electron chi connectivity index (χ1n) is 6.64. The van der Waals surface area contributed by atoms with E-state index in [0.29, 0.717) is 22.8 Å². The molecule has 0 aliphatic rings. The van der Waals surface area contributed by atoms with Gasteiger partial charge >= 0.3 is 0 Å². The van der Waals surface area contributed by atoms with E-state index in [0.717, 1.165) is 5.56 Å². The van der Waals surface area contributed by atoms with Crippen LogP contribution >= 0.6 is 11.6 Å². The maximum Gasteiger partial charge on any atom is 0.252 e. The number of primary amides is 1. The van der Waals surface area contributed by atoms with Crippen molar-refractivity contribution in [1.29, 1.82) is 0 Å². The first kappa shape index (κ1) is 15.3. The Kier molecular flexibility index (Phi) is 4.48. The molecule has 2 rings (SSSR count). The average Bonchev–Trinajstić information content (AvgIpc) is 2.46. The molecule has 0 aliphatic carbocycles. The maximum absolute atomic E-state index is 11.4. The van der Waals surface area contributed by atoms with Gasteiger partial charge < -0.3 is 11.1 Å². The van der Waals surface area contributed by atoms with Crippen LogP contribution in [0.3, 0.4) is 0 Å². The minimum atomic E-state index is -0.491. The van der Waals surface area contributed by atoms with E-state index in [1.54, 1.807) is 12.3 Å². The summed E-state index contributed by atoms with van der Waals surface area (Å²) < 4.78 is 0. The van der Waals surface area contributed by atoms with Crippen molar-refractivity contribution in [2.75, 3.05) is 11.9 Å². The third-order valence-electron chi connectivity index (χ3n) is 3.43. The molecule has 1 heterocycles. The molecule has 0 radical (unpaired) electrons. The standard InChI is InChI=1S/C16H18ClN3O/c1-16(2,11-3-5-12(17)6-4-11)10-20-14-7-8-19-9-13(14)15(18)21/h3-9H,10H2,1-2H3,(H2,18,21)(H,19,20). The Morgan fingerprint density at radius 3 is 2.57 bits per heavy atom. The fourth-order valence-corrected chi connectivity index (χ4v) is 2.19. The maximum atomic E-state index is 11.4. The summed E-state index contributed by atoms with van der Waals surface area (Å²) in [4.78, 5) is 15.3. The van der Waals surface area contributed by atoms with Crippen molar-refractivity contribution in [2.24, 2.45) is 5.73 Å². The Labute approximate surface area is 129 Å². The third kappa shape index (κ3) is 3.73. The van der Waals surface area contributed by atoms with Crippen molar-refractivity contribution < 1.29 is 4.79 Å². The second-order valence-electron chi connectivity index (χ2n) is 5.53. The zero-order chi connectivity index (χ0) is 15.5. The number of amides is 1. The van der Waals surface area contributed by atoms with Crippen LogP contribution in [0.15, 0.2) is 42.7 Å². The normalized spacial score (nSPS) is 11.2. The van der Waals surface area contributed by atoms with Crippen molar-refractivity contribution in [3.8, 4) is 0 Å². The molecular formula is C16H18ClN3O. The Hall–Kier alpha value is -2.07. The molecule has 1 aromatic carbocycles. The molecule has 0 unspecified atom stereocenters. The Morgan fingerprint density at radius 2 is 1.95 bits per heavy atom. The molecule has 0 fully saturated rings. The highest BCUT2D eigenvalue weighted by molar-refractivity contribution is 6.30. The van der Waals surface area contributed by atoms with Gasteiger partial charge in [0.25, 0.3) is 5.91 Å². The molecule has 0 saturated heterocycles. The third-order valence-corrected chi connectivity index (χ3v) is 3.68. The minimum Gasteiger partial charge on any atom is -0.383 e. The second-order valence-corrected chi connectivity index (χ2v) is 5.97. The summed E-state index contributed by atoms with van der Waals surface area (Å²) in [6.45, 7) is 4.89. The highest BCUT2D eigenvalue weighted by Gasteiger charge is 2.21. The fourth-order valence-electron chi connectivity index (χ4n) is 2.06. The summed E-state index contributed by atoms with van der Waals surface area (Å²) in [7, 11) is 0. The van der Waals surface area contributed by atoms with E-state index in [-0.39, 0.29) is 5.41 Å². The molecule has 3 N–H and O–H groups in total. The average molecular weight is 304 g/mol. The van der Waals surface area contributed by atoms with Crippen molar-refractivity contribution in [1.82, 2.24) is 4.98 Å². The zero-order valence-electron chi connectivity index (χ0n) is 12.1. The van der Waals surface area contributed by atoms with Crippen molar-refractivity contribution >= 4 is 23.2 Å².